The van der Waals surface area contributed by atoms with E-state index in [1.54, 1.807) is 35.2 Å². The van der Waals surface area contributed by atoms with Crippen molar-refractivity contribution in [1.29, 1.82) is 5.26 Å². The van der Waals surface area contributed by atoms with Crippen LogP contribution in [0.3, 0.4) is 0 Å². The standard InChI is InChI=1S/C47H64N4O9/c1-5-25-58-47-42(51(21-26-56-28-24-54)45(55)34-14-12-33(32-48)13-15-34)31-40(49-60-46(2,3)4)38-29-35(10-6-8-22-52)37(11-7-9-23-53)43(44(38)47)39-30-36(16-17-41(39)59-47)57-27-20-50-18-19-50/h5,12-17,29-30,35,37,42-44,52-54H,1,6-11,18-28,31H2,2-4H3/t35-,37+,42-,43+,44+,47+/m0/s1. The maximum absolute atomic E-state index is 15.0. The van der Waals surface area contributed by atoms with Crippen LogP contribution in [-0.2, 0) is 14.3 Å². The number of benzene rings is 2. The summed E-state index contributed by atoms with van der Waals surface area (Å²) < 4.78 is 26.6. The Morgan fingerprint density at radius 3 is 2.45 bits per heavy atom. The van der Waals surface area contributed by atoms with Gasteiger partial charge in [0.15, 0.2) is 0 Å². The molecule has 1 amide bonds. The summed E-state index contributed by atoms with van der Waals surface area (Å²) in [5.41, 5.74) is 2.82. The molecule has 6 rings (SSSR count). The summed E-state index contributed by atoms with van der Waals surface area (Å²) in [5.74, 6) is -0.914. The van der Waals surface area contributed by atoms with Crippen LogP contribution in [0.4, 0.5) is 0 Å². The molecule has 60 heavy (non-hydrogen) atoms. The van der Waals surface area contributed by atoms with Crippen LogP contribution in [0.2, 0.25) is 0 Å². The van der Waals surface area contributed by atoms with Crippen molar-refractivity contribution in [3.8, 4) is 17.6 Å². The van der Waals surface area contributed by atoms with Crippen molar-refractivity contribution in [1.82, 2.24) is 9.80 Å². The fraction of sp³-hybridized carbons (Fsp3) is 0.596. The Morgan fingerprint density at radius 1 is 1.03 bits per heavy atom. The van der Waals surface area contributed by atoms with Crippen molar-refractivity contribution in [3.05, 3.63) is 83.5 Å². The van der Waals surface area contributed by atoms with Crippen LogP contribution in [0, 0.1) is 29.1 Å². The van der Waals surface area contributed by atoms with Crippen LogP contribution in [0.1, 0.15) is 93.1 Å². The molecule has 13 nitrogen and oxygen atoms in total. The van der Waals surface area contributed by atoms with Gasteiger partial charge in [-0.2, -0.15) is 5.26 Å². The number of rotatable bonds is 23. The number of oxime groups is 1. The van der Waals surface area contributed by atoms with Crippen LogP contribution < -0.4 is 9.47 Å². The van der Waals surface area contributed by atoms with E-state index in [4.69, 9.17) is 28.9 Å². The van der Waals surface area contributed by atoms with E-state index >= 15 is 4.79 Å². The van der Waals surface area contributed by atoms with E-state index < -0.39 is 23.3 Å². The monoisotopic (exact) mass is 828 g/mol. The molecule has 13 heteroatoms. The fourth-order valence-corrected chi connectivity index (χ4v) is 9.10. The molecule has 6 atom stereocenters. The number of carbonyl (C=O) groups excluding carboxylic acids is 1. The van der Waals surface area contributed by atoms with Crippen molar-refractivity contribution in [2.24, 2.45) is 22.9 Å². The summed E-state index contributed by atoms with van der Waals surface area (Å²) in [7, 11) is 0. The molecule has 0 radical (unpaired) electrons. The number of ether oxygens (including phenoxy) is 4. The summed E-state index contributed by atoms with van der Waals surface area (Å²) in [6, 6.07) is 13.9. The number of unbranched alkanes of at least 4 members (excludes halogenated alkanes) is 2. The summed E-state index contributed by atoms with van der Waals surface area (Å²) in [5, 5.41) is 43.9. The Hall–Kier alpha value is -4.29. The molecule has 326 valence electrons. The minimum absolute atomic E-state index is 0.0604. The molecule has 2 aliphatic heterocycles. The van der Waals surface area contributed by atoms with E-state index in [1.807, 2.05) is 32.9 Å². The average Bonchev–Trinajstić information content (AvgIpc) is 4.08. The van der Waals surface area contributed by atoms with Gasteiger partial charge >= 0.3 is 0 Å². The van der Waals surface area contributed by atoms with Gasteiger partial charge in [-0.3, -0.25) is 9.69 Å². The van der Waals surface area contributed by atoms with Gasteiger partial charge in [0.2, 0.25) is 5.79 Å². The zero-order valence-corrected chi connectivity index (χ0v) is 35.6. The minimum Gasteiger partial charge on any atom is -0.492 e. The summed E-state index contributed by atoms with van der Waals surface area (Å²) in [6.45, 7) is 14.0. The second-order valence-corrected chi connectivity index (χ2v) is 17.2. The molecule has 0 bridgehead atoms. The minimum atomic E-state index is -1.45. The topological polar surface area (TPSA) is 166 Å². The van der Waals surface area contributed by atoms with E-state index in [1.165, 1.54) is 0 Å². The molecule has 0 unspecified atom stereocenters. The maximum Gasteiger partial charge on any atom is 0.254 e. The number of aliphatic hydroxyl groups is 3. The molecule has 4 aliphatic rings. The highest BCUT2D eigenvalue weighted by atomic mass is 16.7. The third-order valence-electron chi connectivity index (χ3n) is 11.9. The number of nitrogens with zero attached hydrogens (tertiary/aromatic N) is 4. The molecule has 2 aromatic rings. The first kappa shape index (κ1) is 45.2. The van der Waals surface area contributed by atoms with E-state index in [0.717, 1.165) is 62.2 Å². The van der Waals surface area contributed by atoms with E-state index in [-0.39, 0.29) is 76.3 Å². The molecule has 2 fully saturated rings. The van der Waals surface area contributed by atoms with Crippen LogP contribution >= 0.6 is 0 Å². The van der Waals surface area contributed by atoms with E-state index in [0.29, 0.717) is 42.0 Å². The maximum atomic E-state index is 15.0. The number of amides is 1. The van der Waals surface area contributed by atoms with Crippen LogP contribution in [-0.4, -0.2) is 127 Å². The number of hydrogen-bond donors (Lipinski definition) is 3. The summed E-state index contributed by atoms with van der Waals surface area (Å²) in [6.07, 6.45) is 8.85. The Balaban J connectivity index is 1.58. The lowest BCUT2D eigenvalue weighted by Gasteiger charge is -2.60. The lowest BCUT2D eigenvalue weighted by molar-refractivity contribution is -0.254. The third kappa shape index (κ3) is 10.8. The average molecular weight is 829 g/mol. The van der Waals surface area contributed by atoms with Crippen molar-refractivity contribution in [2.75, 3.05) is 72.4 Å². The van der Waals surface area contributed by atoms with Crippen molar-refractivity contribution in [2.45, 2.75) is 89.1 Å². The first-order valence-electron chi connectivity index (χ1n) is 21.7. The highest BCUT2D eigenvalue weighted by Gasteiger charge is 2.65. The van der Waals surface area contributed by atoms with Crippen molar-refractivity contribution >= 4 is 11.6 Å². The van der Waals surface area contributed by atoms with E-state index in [9.17, 15) is 20.6 Å². The quantitative estimate of drug-likeness (QED) is 0.0534. The molecule has 0 spiro atoms. The van der Waals surface area contributed by atoms with Gasteiger partial charge in [-0.05, 0) is 106 Å². The third-order valence-corrected chi connectivity index (χ3v) is 11.9. The number of aliphatic hydroxyl groups excluding tert-OH is 3. The van der Waals surface area contributed by atoms with Crippen LogP contribution in [0.25, 0.3) is 0 Å². The molecule has 1 saturated carbocycles. The second kappa shape index (κ2) is 21.0. The first-order chi connectivity index (χ1) is 29.1. The number of nitriles is 1. The molecule has 0 aromatic heterocycles. The molecule has 1 saturated heterocycles. The summed E-state index contributed by atoms with van der Waals surface area (Å²) in [4.78, 5) is 25.3. The van der Waals surface area contributed by atoms with Gasteiger partial charge in [0, 0.05) is 62.9 Å². The molecule has 3 N–H and O–H groups in total. The van der Waals surface area contributed by atoms with Crippen molar-refractivity contribution in [3.63, 3.8) is 0 Å². The lowest BCUT2D eigenvalue weighted by Crippen LogP contribution is -2.70. The highest BCUT2D eigenvalue weighted by molar-refractivity contribution is 6.03. The molecular formula is C47H64N4O9. The Morgan fingerprint density at radius 2 is 1.78 bits per heavy atom. The predicted octanol–water partition coefficient (Wildman–Crippen LogP) is 5.84. The van der Waals surface area contributed by atoms with Crippen LogP contribution in [0.15, 0.2) is 71.9 Å². The highest BCUT2D eigenvalue weighted by Crippen LogP contribution is 2.62. The van der Waals surface area contributed by atoms with Gasteiger partial charge in [0.25, 0.3) is 5.91 Å². The number of allylic oxidation sites excluding steroid dienone is 1. The number of carbonyl (C=O) groups is 1. The zero-order valence-electron chi connectivity index (χ0n) is 35.6. The predicted molar refractivity (Wildman–Crippen MR) is 228 cm³/mol. The number of fused-ring (bicyclic) bond motifs is 2. The summed E-state index contributed by atoms with van der Waals surface area (Å²) >= 11 is 0. The van der Waals surface area contributed by atoms with E-state index in [2.05, 4.69) is 29.7 Å². The van der Waals surface area contributed by atoms with Gasteiger partial charge in [-0.15, -0.1) is 6.58 Å². The molecular weight excluding hydrogens is 765 g/mol. The molecule has 2 aromatic carbocycles. The first-order valence-corrected chi connectivity index (χ1v) is 21.7. The Labute approximate surface area is 355 Å². The van der Waals surface area contributed by atoms with Gasteiger partial charge in [-0.25, -0.2) is 0 Å². The SMILES string of the molecule is C=CCO[C@@]12Oc3ccc(OCCN4CC4)cc3[C@H]3[C@H](CCCCO)[C@@H](CCCCO)C=C(C(=NOC(C)(C)C)C[C@@H]1N(CCOCCO)C(=O)c1ccc(C#N)cc1)[C@H]32. The lowest BCUT2D eigenvalue weighted by atomic mass is 9.55. The fourth-order valence-electron chi connectivity index (χ4n) is 9.10. The molecule has 2 aliphatic carbocycles. The smallest absolute Gasteiger partial charge is 0.254 e. The van der Waals surface area contributed by atoms with Crippen LogP contribution in [0.5, 0.6) is 11.5 Å². The Kier molecular flexibility index (Phi) is 15.8. The largest absolute Gasteiger partial charge is 0.492 e. The zero-order chi connectivity index (χ0) is 42.7. The van der Waals surface area contributed by atoms with Gasteiger partial charge in [0.05, 0.1) is 49.7 Å². The van der Waals surface area contributed by atoms with Gasteiger partial charge < -0.3 is 44.0 Å². The Bertz CT molecular complexity index is 1850. The van der Waals surface area contributed by atoms with Gasteiger partial charge in [-0.1, -0.05) is 30.1 Å². The normalized spacial score (nSPS) is 25.0. The molecule has 2 heterocycles. The van der Waals surface area contributed by atoms with Crippen molar-refractivity contribution < 1.29 is 43.9 Å². The van der Waals surface area contributed by atoms with Gasteiger partial charge in [0.1, 0.15) is 29.7 Å². The number of hydrogen-bond acceptors (Lipinski definition) is 12. The second-order valence-electron chi connectivity index (χ2n) is 17.2.